The van der Waals surface area contributed by atoms with Crippen molar-refractivity contribution in [1.29, 1.82) is 5.26 Å². The van der Waals surface area contributed by atoms with Gasteiger partial charge in [0.15, 0.2) is 5.13 Å². The zero-order valence-electron chi connectivity index (χ0n) is 17.1. The van der Waals surface area contributed by atoms with E-state index in [2.05, 4.69) is 6.07 Å². The second kappa shape index (κ2) is 8.54. The molecule has 1 fully saturated rings. The Morgan fingerprint density at radius 2 is 1.59 bits per heavy atom. The minimum atomic E-state index is -0.404. The third-order valence-electron chi connectivity index (χ3n) is 5.99. The molecule has 0 radical (unpaired) electrons. The number of rotatable bonds is 5. The molecule has 0 amide bonds. The normalized spacial score (nSPS) is 19.9. The van der Waals surface area contributed by atoms with E-state index < -0.39 is 6.04 Å². The molecule has 158 valence electrons. The first-order chi connectivity index (χ1) is 15.7. The summed E-state index contributed by atoms with van der Waals surface area (Å²) in [5, 5.41) is 22.8. The van der Waals surface area contributed by atoms with Crippen molar-refractivity contribution >= 4 is 16.5 Å². The number of anilines is 1. The van der Waals surface area contributed by atoms with Gasteiger partial charge in [0.1, 0.15) is 11.9 Å². The van der Waals surface area contributed by atoms with Crippen LogP contribution in [-0.2, 0) is 0 Å². The van der Waals surface area contributed by atoms with Crippen molar-refractivity contribution < 1.29 is 9.50 Å². The molecule has 0 bridgehead atoms. The molecule has 0 spiro atoms. The fraction of sp³-hybridized carbons (Fsp3) is 0.154. The van der Waals surface area contributed by atoms with Gasteiger partial charge in [0.05, 0.1) is 24.4 Å². The summed E-state index contributed by atoms with van der Waals surface area (Å²) >= 11 is 1.49. The highest BCUT2D eigenvalue weighted by atomic mass is 32.1. The van der Waals surface area contributed by atoms with Crippen LogP contribution in [-0.4, -0.2) is 28.8 Å². The van der Waals surface area contributed by atoms with Crippen LogP contribution in [0.2, 0.25) is 0 Å². The maximum Gasteiger partial charge on any atom is 0.187 e. The van der Waals surface area contributed by atoms with Crippen molar-refractivity contribution in [2.45, 2.75) is 18.0 Å². The molecule has 1 saturated heterocycles. The van der Waals surface area contributed by atoms with E-state index in [-0.39, 0.29) is 24.4 Å². The summed E-state index contributed by atoms with van der Waals surface area (Å²) in [7, 11) is 0. The van der Waals surface area contributed by atoms with Crippen molar-refractivity contribution in [3.63, 3.8) is 0 Å². The molecule has 6 heteroatoms. The van der Waals surface area contributed by atoms with Gasteiger partial charge in [-0.05, 0) is 28.8 Å². The minimum Gasteiger partial charge on any atom is -0.394 e. The van der Waals surface area contributed by atoms with Crippen LogP contribution in [0.1, 0.15) is 11.5 Å². The van der Waals surface area contributed by atoms with Gasteiger partial charge >= 0.3 is 0 Å². The fourth-order valence-corrected chi connectivity index (χ4v) is 5.26. The van der Waals surface area contributed by atoms with Crippen LogP contribution in [0.15, 0.2) is 84.2 Å². The lowest BCUT2D eigenvalue weighted by molar-refractivity contribution is 0.187. The van der Waals surface area contributed by atoms with Crippen molar-refractivity contribution in [2.75, 3.05) is 11.5 Å². The number of benzene rings is 3. The van der Waals surface area contributed by atoms with Gasteiger partial charge in [0.25, 0.3) is 0 Å². The van der Waals surface area contributed by atoms with E-state index in [0.29, 0.717) is 0 Å². The molecule has 2 heterocycles. The Kier molecular flexibility index (Phi) is 5.44. The smallest absolute Gasteiger partial charge is 0.187 e. The maximum absolute atomic E-state index is 13.2. The molecule has 3 atom stereocenters. The standard InChI is InChI=1S/C26H20FN3OS/c27-21-12-10-18(11-13-21)17-6-8-20(9-7-17)25-23(14-28)30(24(25)15-31)26-29-22(16-32-26)19-4-2-1-3-5-19/h1-13,16,23-25,31H,15H2/t23-,24-,25-/m1/s1. The van der Waals surface area contributed by atoms with E-state index in [1.807, 2.05) is 64.9 Å². The summed E-state index contributed by atoms with van der Waals surface area (Å²) < 4.78 is 13.2. The van der Waals surface area contributed by atoms with E-state index in [9.17, 15) is 14.8 Å². The van der Waals surface area contributed by atoms with Gasteiger partial charge in [-0.2, -0.15) is 5.26 Å². The zero-order valence-corrected chi connectivity index (χ0v) is 17.9. The Morgan fingerprint density at radius 3 is 2.22 bits per heavy atom. The molecule has 32 heavy (non-hydrogen) atoms. The monoisotopic (exact) mass is 441 g/mol. The number of nitrogens with zero attached hydrogens (tertiary/aromatic N) is 3. The molecular weight excluding hydrogens is 421 g/mol. The molecule has 1 aliphatic heterocycles. The average molecular weight is 442 g/mol. The van der Waals surface area contributed by atoms with Gasteiger partial charge in [-0.15, -0.1) is 11.3 Å². The summed E-state index contributed by atoms with van der Waals surface area (Å²) in [6.07, 6.45) is 0. The Bertz CT molecular complexity index is 1250. The molecule has 5 rings (SSSR count). The van der Waals surface area contributed by atoms with Crippen LogP contribution in [0.4, 0.5) is 9.52 Å². The first-order valence-corrected chi connectivity index (χ1v) is 11.2. The van der Waals surface area contributed by atoms with Crippen LogP contribution in [0.3, 0.4) is 0 Å². The largest absolute Gasteiger partial charge is 0.394 e. The lowest BCUT2D eigenvalue weighted by atomic mass is 9.76. The van der Waals surface area contributed by atoms with E-state index in [1.54, 1.807) is 12.1 Å². The number of aliphatic hydroxyl groups excluding tert-OH is 1. The Morgan fingerprint density at radius 1 is 0.938 bits per heavy atom. The van der Waals surface area contributed by atoms with E-state index in [4.69, 9.17) is 4.98 Å². The number of halogens is 1. The molecule has 4 nitrogen and oxygen atoms in total. The second-order valence-corrected chi connectivity index (χ2v) is 8.60. The summed E-state index contributed by atoms with van der Waals surface area (Å²) in [5.41, 5.74) is 4.80. The van der Waals surface area contributed by atoms with Gasteiger partial charge < -0.3 is 10.0 Å². The highest BCUT2D eigenvalue weighted by molar-refractivity contribution is 7.14. The topological polar surface area (TPSA) is 60.1 Å². The number of thiazole rings is 1. The molecule has 0 saturated carbocycles. The van der Waals surface area contributed by atoms with Crippen LogP contribution in [0.5, 0.6) is 0 Å². The second-order valence-electron chi connectivity index (χ2n) is 7.77. The van der Waals surface area contributed by atoms with Gasteiger partial charge in [-0.3, -0.25) is 0 Å². The van der Waals surface area contributed by atoms with Crippen molar-refractivity contribution in [2.24, 2.45) is 0 Å². The zero-order chi connectivity index (χ0) is 22.1. The fourth-order valence-electron chi connectivity index (χ4n) is 4.34. The predicted octanol–water partition coefficient (Wildman–Crippen LogP) is 5.47. The van der Waals surface area contributed by atoms with Gasteiger partial charge in [-0.1, -0.05) is 66.7 Å². The average Bonchev–Trinajstić information content (AvgIpc) is 3.30. The molecule has 0 aliphatic carbocycles. The van der Waals surface area contributed by atoms with Gasteiger partial charge in [-0.25, -0.2) is 9.37 Å². The van der Waals surface area contributed by atoms with Crippen LogP contribution in [0.25, 0.3) is 22.4 Å². The third-order valence-corrected chi connectivity index (χ3v) is 6.84. The molecule has 4 aromatic rings. The van der Waals surface area contributed by atoms with E-state index >= 15 is 0 Å². The molecule has 0 unspecified atom stereocenters. The summed E-state index contributed by atoms with van der Waals surface area (Å²) in [5.74, 6) is -0.378. The number of hydrogen-bond acceptors (Lipinski definition) is 5. The van der Waals surface area contributed by atoms with E-state index in [1.165, 1.54) is 23.5 Å². The molecule has 1 aliphatic rings. The third kappa shape index (κ3) is 3.56. The van der Waals surface area contributed by atoms with Crippen molar-refractivity contribution in [3.8, 4) is 28.5 Å². The number of hydrogen-bond donors (Lipinski definition) is 1. The van der Waals surface area contributed by atoms with Gasteiger partial charge in [0.2, 0.25) is 0 Å². The van der Waals surface area contributed by atoms with E-state index in [0.717, 1.165) is 33.1 Å². The van der Waals surface area contributed by atoms with Crippen LogP contribution < -0.4 is 4.90 Å². The lowest BCUT2D eigenvalue weighted by Crippen LogP contribution is -2.63. The first-order valence-electron chi connectivity index (χ1n) is 10.4. The van der Waals surface area contributed by atoms with Crippen LogP contribution >= 0.6 is 11.3 Å². The quantitative estimate of drug-likeness (QED) is 0.446. The Hall–Kier alpha value is -3.53. The molecule has 1 N–H and O–H groups in total. The first kappa shape index (κ1) is 20.4. The summed E-state index contributed by atoms with van der Waals surface area (Å²) in [6.45, 7) is -0.0667. The SMILES string of the molecule is N#C[C@@H]1[C@@H](c2ccc(-c3ccc(F)cc3)cc2)[C@@H](CO)N1c1nc(-c2ccccc2)cs1. The Balaban J connectivity index is 1.40. The molecule has 3 aromatic carbocycles. The van der Waals surface area contributed by atoms with Crippen molar-refractivity contribution in [3.05, 3.63) is 95.6 Å². The lowest BCUT2D eigenvalue weighted by Gasteiger charge is -2.51. The Labute approximate surface area is 189 Å². The van der Waals surface area contributed by atoms with Crippen LogP contribution in [0, 0.1) is 17.1 Å². The maximum atomic E-state index is 13.2. The number of nitriles is 1. The number of aliphatic hydroxyl groups is 1. The minimum absolute atomic E-state index is 0.0667. The summed E-state index contributed by atoms with van der Waals surface area (Å²) in [4.78, 5) is 6.67. The predicted molar refractivity (Wildman–Crippen MR) is 125 cm³/mol. The summed E-state index contributed by atoms with van der Waals surface area (Å²) in [6, 6.07) is 26.0. The van der Waals surface area contributed by atoms with Gasteiger partial charge in [0, 0.05) is 16.9 Å². The number of aromatic nitrogens is 1. The molecule has 1 aromatic heterocycles. The highest BCUT2D eigenvalue weighted by Crippen LogP contribution is 2.45. The molecular formula is C26H20FN3OS. The van der Waals surface area contributed by atoms with Crippen molar-refractivity contribution in [1.82, 2.24) is 4.98 Å². The highest BCUT2D eigenvalue weighted by Gasteiger charge is 2.50.